The van der Waals surface area contributed by atoms with Gasteiger partial charge in [0.15, 0.2) is 0 Å². The molecule has 0 amide bonds. The van der Waals surface area contributed by atoms with Crippen LogP contribution in [0, 0.1) is 29.1 Å². The van der Waals surface area contributed by atoms with Gasteiger partial charge in [0.2, 0.25) is 0 Å². The Morgan fingerprint density at radius 2 is 2.07 bits per heavy atom. The lowest BCUT2D eigenvalue weighted by atomic mass is 9.79. The molecule has 1 aliphatic rings. The molecule has 1 saturated carbocycles. The highest BCUT2D eigenvalue weighted by molar-refractivity contribution is 4.96. The van der Waals surface area contributed by atoms with Gasteiger partial charge in [-0.1, -0.05) is 20.8 Å². The van der Waals surface area contributed by atoms with Crippen LogP contribution in [-0.4, -0.2) is 24.5 Å². The summed E-state index contributed by atoms with van der Waals surface area (Å²) in [5.74, 6) is 1.73. The molecule has 2 nitrogen and oxygen atoms in total. The molecule has 0 aliphatic heterocycles. The van der Waals surface area contributed by atoms with Gasteiger partial charge in [-0.3, -0.25) is 0 Å². The Bertz CT molecular complexity index is 229. The van der Waals surface area contributed by atoms with E-state index in [4.69, 9.17) is 5.26 Å². The van der Waals surface area contributed by atoms with Crippen LogP contribution in [0.15, 0.2) is 0 Å². The Morgan fingerprint density at radius 1 is 1.40 bits per heavy atom. The summed E-state index contributed by atoms with van der Waals surface area (Å²) in [6, 6.07) is 2.97. The second-order valence-corrected chi connectivity index (χ2v) is 5.55. The third kappa shape index (κ3) is 3.50. The van der Waals surface area contributed by atoms with E-state index in [-0.39, 0.29) is 5.92 Å². The summed E-state index contributed by atoms with van der Waals surface area (Å²) >= 11 is 0. The molecule has 0 radical (unpaired) electrons. The van der Waals surface area contributed by atoms with Gasteiger partial charge in [0, 0.05) is 12.6 Å². The normalized spacial score (nSPS) is 31.9. The Hall–Kier alpha value is -0.550. The molecule has 1 aliphatic carbocycles. The van der Waals surface area contributed by atoms with Crippen molar-refractivity contribution in [3.05, 3.63) is 0 Å². The first kappa shape index (κ1) is 12.5. The average Bonchev–Trinajstić information content (AvgIpc) is 2.16. The van der Waals surface area contributed by atoms with Gasteiger partial charge in [0.05, 0.1) is 12.0 Å². The lowest BCUT2D eigenvalue weighted by Gasteiger charge is -2.38. The third-order valence-electron chi connectivity index (χ3n) is 3.46. The van der Waals surface area contributed by atoms with Crippen molar-refractivity contribution in [3.63, 3.8) is 0 Å². The summed E-state index contributed by atoms with van der Waals surface area (Å²) < 4.78 is 0. The first-order chi connectivity index (χ1) is 7.04. The van der Waals surface area contributed by atoms with E-state index in [2.05, 4.69) is 38.8 Å². The second kappa shape index (κ2) is 5.51. The highest BCUT2D eigenvalue weighted by Gasteiger charge is 2.31. The maximum Gasteiger partial charge on any atom is 0.0672 e. The molecule has 15 heavy (non-hydrogen) atoms. The fourth-order valence-electron chi connectivity index (χ4n) is 2.70. The van der Waals surface area contributed by atoms with E-state index < -0.39 is 0 Å². The minimum atomic E-state index is 0.255. The average molecular weight is 208 g/mol. The van der Waals surface area contributed by atoms with Gasteiger partial charge in [0.25, 0.3) is 0 Å². The maximum absolute atomic E-state index is 9.15. The lowest BCUT2D eigenvalue weighted by Crippen LogP contribution is -2.43. The summed E-state index contributed by atoms with van der Waals surface area (Å²) in [4.78, 5) is 2.40. The topological polar surface area (TPSA) is 27.0 Å². The minimum Gasteiger partial charge on any atom is -0.302 e. The fourth-order valence-corrected chi connectivity index (χ4v) is 2.70. The zero-order chi connectivity index (χ0) is 11.4. The number of nitriles is 1. The monoisotopic (exact) mass is 208 g/mol. The molecule has 0 heterocycles. The number of hydrogen-bond donors (Lipinski definition) is 0. The Labute approximate surface area is 94.3 Å². The van der Waals surface area contributed by atoms with Crippen LogP contribution in [0.1, 0.15) is 40.0 Å². The molecule has 0 aromatic heterocycles. The van der Waals surface area contributed by atoms with Gasteiger partial charge in [-0.2, -0.15) is 5.26 Å². The van der Waals surface area contributed by atoms with Crippen molar-refractivity contribution in [2.45, 2.75) is 46.1 Å². The molecule has 0 saturated heterocycles. The Balaban J connectivity index is 2.58. The standard InChI is InChI=1S/C13H24N2/c1-10(2)9-15(4)13-7-11(3)5-6-12(13)8-14/h10-13H,5-7,9H2,1-4H3. The van der Waals surface area contributed by atoms with Crippen molar-refractivity contribution < 1.29 is 0 Å². The van der Waals surface area contributed by atoms with E-state index in [0.717, 1.165) is 18.9 Å². The molecule has 86 valence electrons. The van der Waals surface area contributed by atoms with E-state index in [1.807, 2.05) is 0 Å². The summed E-state index contributed by atoms with van der Waals surface area (Å²) in [7, 11) is 2.17. The van der Waals surface area contributed by atoms with Crippen LogP contribution in [0.5, 0.6) is 0 Å². The first-order valence-corrected chi connectivity index (χ1v) is 6.14. The van der Waals surface area contributed by atoms with Crippen LogP contribution in [-0.2, 0) is 0 Å². The zero-order valence-electron chi connectivity index (χ0n) is 10.5. The maximum atomic E-state index is 9.15. The quantitative estimate of drug-likeness (QED) is 0.713. The van der Waals surface area contributed by atoms with Crippen LogP contribution < -0.4 is 0 Å². The molecular formula is C13H24N2. The van der Waals surface area contributed by atoms with E-state index in [1.54, 1.807) is 0 Å². The molecule has 0 N–H and O–H groups in total. The fraction of sp³-hybridized carbons (Fsp3) is 0.923. The van der Waals surface area contributed by atoms with Crippen LogP contribution in [0.3, 0.4) is 0 Å². The molecule has 0 spiro atoms. The number of rotatable bonds is 3. The molecule has 2 heteroatoms. The van der Waals surface area contributed by atoms with Crippen molar-refractivity contribution in [1.82, 2.24) is 4.90 Å². The molecule has 0 bridgehead atoms. The van der Waals surface area contributed by atoms with Crippen LogP contribution in [0.25, 0.3) is 0 Å². The summed E-state index contributed by atoms with van der Waals surface area (Å²) in [6.45, 7) is 7.90. The number of nitrogens with zero attached hydrogens (tertiary/aromatic N) is 2. The van der Waals surface area contributed by atoms with Crippen molar-refractivity contribution in [2.75, 3.05) is 13.6 Å². The van der Waals surface area contributed by atoms with Gasteiger partial charge >= 0.3 is 0 Å². The number of hydrogen-bond acceptors (Lipinski definition) is 2. The highest BCUT2D eigenvalue weighted by atomic mass is 15.1. The zero-order valence-corrected chi connectivity index (χ0v) is 10.5. The minimum absolute atomic E-state index is 0.255. The molecule has 0 aromatic carbocycles. The molecule has 3 atom stereocenters. The van der Waals surface area contributed by atoms with E-state index in [9.17, 15) is 0 Å². The van der Waals surface area contributed by atoms with Crippen LogP contribution in [0.4, 0.5) is 0 Å². The lowest BCUT2D eigenvalue weighted by molar-refractivity contribution is 0.119. The van der Waals surface area contributed by atoms with Gasteiger partial charge in [-0.05, 0) is 38.1 Å². The third-order valence-corrected chi connectivity index (χ3v) is 3.46. The summed E-state index contributed by atoms with van der Waals surface area (Å²) in [5, 5.41) is 9.15. The second-order valence-electron chi connectivity index (χ2n) is 5.55. The van der Waals surface area contributed by atoms with Crippen molar-refractivity contribution in [2.24, 2.45) is 17.8 Å². The highest BCUT2D eigenvalue weighted by Crippen LogP contribution is 2.31. The summed E-state index contributed by atoms with van der Waals surface area (Å²) in [6.07, 6.45) is 3.51. The Morgan fingerprint density at radius 3 is 2.60 bits per heavy atom. The van der Waals surface area contributed by atoms with Gasteiger partial charge in [-0.15, -0.1) is 0 Å². The van der Waals surface area contributed by atoms with Crippen LogP contribution >= 0.6 is 0 Å². The molecular weight excluding hydrogens is 184 g/mol. The van der Waals surface area contributed by atoms with Gasteiger partial charge in [-0.25, -0.2) is 0 Å². The van der Waals surface area contributed by atoms with E-state index in [1.165, 1.54) is 12.8 Å². The van der Waals surface area contributed by atoms with Gasteiger partial charge < -0.3 is 4.90 Å². The molecule has 0 aromatic rings. The van der Waals surface area contributed by atoms with Gasteiger partial charge in [0.1, 0.15) is 0 Å². The summed E-state index contributed by atoms with van der Waals surface area (Å²) in [5.41, 5.74) is 0. The molecule has 1 rings (SSSR count). The smallest absolute Gasteiger partial charge is 0.0672 e. The van der Waals surface area contributed by atoms with Crippen molar-refractivity contribution >= 4 is 0 Å². The van der Waals surface area contributed by atoms with Crippen molar-refractivity contribution in [3.8, 4) is 6.07 Å². The molecule has 1 fully saturated rings. The van der Waals surface area contributed by atoms with E-state index in [0.29, 0.717) is 12.0 Å². The predicted octanol–water partition coefficient (Wildman–Crippen LogP) is 2.90. The van der Waals surface area contributed by atoms with E-state index >= 15 is 0 Å². The largest absolute Gasteiger partial charge is 0.302 e. The SMILES string of the molecule is CC(C)CN(C)C1CC(C)CCC1C#N. The first-order valence-electron chi connectivity index (χ1n) is 6.14. The van der Waals surface area contributed by atoms with Crippen LogP contribution in [0.2, 0.25) is 0 Å². The Kier molecular flexibility index (Phi) is 4.60. The molecule has 3 unspecified atom stereocenters. The van der Waals surface area contributed by atoms with Crippen molar-refractivity contribution in [1.29, 1.82) is 5.26 Å². The predicted molar refractivity (Wildman–Crippen MR) is 63.4 cm³/mol.